The van der Waals surface area contributed by atoms with Gasteiger partial charge in [-0.05, 0) is 53.4 Å². The average Bonchev–Trinajstić information content (AvgIpc) is 3.44. The quantitative estimate of drug-likeness (QED) is 0.342. The van der Waals surface area contributed by atoms with Gasteiger partial charge in [0, 0.05) is 85.1 Å². The first-order valence-electron chi connectivity index (χ1n) is 15.5. The van der Waals surface area contributed by atoms with Crippen molar-refractivity contribution in [2.24, 2.45) is 0 Å². The highest BCUT2D eigenvalue weighted by atomic mass is 16.2. The summed E-state index contributed by atoms with van der Waals surface area (Å²) in [4.78, 5) is 52.1. The van der Waals surface area contributed by atoms with E-state index in [1.807, 2.05) is 24.4 Å². The number of pyridine rings is 1. The van der Waals surface area contributed by atoms with Crippen LogP contribution in [0.15, 0.2) is 48.8 Å². The van der Waals surface area contributed by atoms with Crippen LogP contribution in [0.4, 0.5) is 16.2 Å². The smallest absolute Gasteiger partial charge is 0.328 e. The molecule has 2 aromatic heterocycles. The number of imide groups is 1. The Morgan fingerprint density at radius 1 is 1.00 bits per heavy atom. The van der Waals surface area contributed by atoms with E-state index in [-0.39, 0.29) is 18.1 Å². The normalized spacial score (nSPS) is 18.0. The number of anilines is 2. The number of aromatic nitrogens is 2. The zero-order chi connectivity index (χ0) is 31.5. The fourth-order valence-electron chi connectivity index (χ4n) is 7.08. The van der Waals surface area contributed by atoms with Gasteiger partial charge in [-0.1, -0.05) is 26.8 Å². The molecule has 4 aromatic rings. The topological polar surface area (TPSA) is 125 Å². The lowest BCUT2D eigenvalue weighted by Crippen LogP contribution is -2.49. The molecule has 0 unspecified atom stereocenters. The van der Waals surface area contributed by atoms with Gasteiger partial charge in [-0.3, -0.25) is 29.7 Å². The number of nitriles is 1. The van der Waals surface area contributed by atoms with E-state index in [9.17, 15) is 19.6 Å². The molecule has 7 rings (SSSR count). The van der Waals surface area contributed by atoms with Gasteiger partial charge in [0.25, 0.3) is 0 Å². The Hall–Kier alpha value is -5.01. The van der Waals surface area contributed by atoms with E-state index in [1.165, 1.54) is 5.69 Å². The number of aromatic amines is 1. The molecule has 2 N–H and O–H groups in total. The van der Waals surface area contributed by atoms with Gasteiger partial charge in [-0.15, -0.1) is 0 Å². The lowest BCUT2D eigenvalue weighted by molar-refractivity contribution is -0.120. The molecule has 4 heterocycles. The lowest BCUT2D eigenvalue weighted by Gasteiger charge is -2.39. The standard InChI is InChI=1S/C35H35N7O3/c1-4-23-15-26-27(35(2,3)33-31(32(26)44)25-6-5-21(17-36)14-28(25)38-33)16-29(23)41-11-9-40(10-12-41)20-22-13-24(19-37-18-22)42-8-7-30(43)39-34(42)45/h5-6,13-16,18-19,38H,4,7-12,20H2,1-3H3,(H,39,43,45). The molecule has 1 aliphatic carbocycles. The summed E-state index contributed by atoms with van der Waals surface area (Å²) in [6.45, 7) is 10.9. The zero-order valence-corrected chi connectivity index (χ0v) is 25.7. The molecule has 2 fully saturated rings. The second-order valence-electron chi connectivity index (χ2n) is 12.7. The van der Waals surface area contributed by atoms with Gasteiger partial charge in [-0.25, -0.2) is 4.79 Å². The summed E-state index contributed by atoms with van der Waals surface area (Å²) in [5.41, 5.74) is 8.40. The van der Waals surface area contributed by atoms with E-state index in [4.69, 9.17) is 0 Å². The highest BCUT2D eigenvalue weighted by Gasteiger charge is 2.40. The second kappa shape index (κ2) is 10.9. The number of piperazine rings is 1. The summed E-state index contributed by atoms with van der Waals surface area (Å²) >= 11 is 0. The Balaban J connectivity index is 1.11. The third kappa shape index (κ3) is 4.84. The van der Waals surface area contributed by atoms with Crippen molar-refractivity contribution in [2.45, 2.75) is 45.6 Å². The Kier molecular flexibility index (Phi) is 6.94. The number of urea groups is 1. The molecule has 10 nitrogen and oxygen atoms in total. The van der Waals surface area contributed by atoms with Crippen molar-refractivity contribution in [1.29, 1.82) is 5.26 Å². The first-order chi connectivity index (χ1) is 21.7. The maximum atomic E-state index is 14.0. The van der Waals surface area contributed by atoms with E-state index in [0.29, 0.717) is 29.9 Å². The number of rotatable bonds is 5. The van der Waals surface area contributed by atoms with Gasteiger partial charge < -0.3 is 9.88 Å². The molecular weight excluding hydrogens is 566 g/mol. The molecule has 0 atom stereocenters. The largest absolute Gasteiger partial charge is 0.369 e. The number of nitrogens with zero attached hydrogens (tertiary/aromatic N) is 5. The highest BCUT2D eigenvalue weighted by Crippen LogP contribution is 2.46. The number of H-pyrrole nitrogens is 1. The Bertz CT molecular complexity index is 1930. The van der Waals surface area contributed by atoms with Crippen molar-refractivity contribution in [3.63, 3.8) is 0 Å². The van der Waals surface area contributed by atoms with Gasteiger partial charge in [0.15, 0.2) is 5.78 Å². The highest BCUT2D eigenvalue weighted by molar-refractivity contribution is 6.20. The molecule has 3 amide bonds. The average molecular weight is 602 g/mol. The van der Waals surface area contributed by atoms with Gasteiger partial charge in [0.05, 0.1) is 29.1 Å². The number of hydrogen-bond acceptors (Lipinski definition) is 7. The summed E-state index contributed by atoms with van der Waals surface area (Å²) in [7, 11) is 0. The number of hydrogen-bond donors (Lipinski definition) is 2. The van der Waals surface area contributed by atoms with Crippen LogP contribution in [-0.4, -0.2) is 65.3 Å². The monoisotopic (exact) mass is 601 g/mol. The molecular formula is C35H35N7O3. The van der Waals surface area contributed by atoms with Gasteiger partial charge in [0.2, 0.25) is 5.91 Å². The number of fused-ring (bicyclic) bond motifs is 4. The van der Waals surface area contributed by atoms with E-state index < -0.39 is 11.4 Å². The van der Waals surface area contributed by atoms with Crippen LogP contribution in [-0.2, 0) is 23.2 Å². The van der Waals surface area contributed by atoms with Gasteiger partial charge in [0.1, 0.15) is 0 Å². The number of carbonyl (C=O) groups is 3. The maximum Gasteiger partial charge on any atom is 0.328 e. The fourth-order valence-corrected chi connectivity index (χ4v) is 7.08. The predicted molar refractivity (Wildman–Crippen MR) is 172 cm³/mol. The number of carbonyl (C=O) groups excluding carboxylic acids is 3. The fraction of sp³-hybridized carbons (Fsp3) is 0.343. The predicted octanol–water partition coefficient (Wildman–Crippen LogP) is 4.64. The molecule has 3 aliphatic rings. The number of benzene rings is 2. The van der Waals surface area contributed by atoms with Crippen molar-refractivity contribution in [3.8, 4) is 6.07 Å². The van der Waals surface area contributed by atoms with E-state index in [2.05, 4.69) is 64.1 Å². The van der Waals surface area contributed by atoms with Crippen molar-refractivity contribution in [3.05, 3.63) is 87.9 Å². The number of aryl methyl sites for hydroxylation is 1. The second-order valence-corrected chi connectivity index (χ2v) is 12.7. The molecule has 45 heavy (non-hydrogen) atoms. The Morgan fingerprint density at radius 3 is 2.53 bits per heavy atom. The van der Waals surface area contributed by atoms with E-state index >= 15 is 0 Å². The third-order valence-electron chi connectivity index (χ3n) is 9.56. The van der Waals surface area contributed by atoms with Crippen molar-refractivity contribution in [2.75, 3.05) is 42.5 Å². The first kappa shape index (κ1) is 28.7. The minimum absolute atomic E-state index is 0.0332. The maximum absolute atomic E-state index is 14.0. The number of nitrogens with one attached hydrogen (secondary N) is 2. The molecule has 0 spiro atoms. The van der Waals surface area contributed by atoms with Gasteiger partial charge in [-0.2, -0.15) is 5.26 Å². The van der Waals surface area contributed by atoms with Crippen LogP contribution in [0, 0.1) is 11.3 Å². The molecule has 228 valence electrons. The van der Waals surface area contributed by atoms with Gasteiger partial charge >= 0.3 is 6.03 Å². The molecule has 2 aliphatic heterocycles. The van der Waals surface area contributed by atoms with Crippen LogP contribution in [0.3, 0.4) is 0 Å². The molecule has 2 saturated heterocycles. The summed E-state index contributed by atoms with van der Waals surface area (Å²) in [5, 5.41) is 12.6. The zero-order valence-electron chi connectivity index (χ0n) is 25.7. The summed E-state index contributed by atoms with van der Waals surface area (Å²) in [5.74, 6) is -0.220. The Morgan fingerprint density at radius 2 is 1.80 bits per heavy atom. The van der Waals surface area contributed by atoms with Crippen LogP contribution < -0.4 is 15.1 Å². The molecule has 0 radical (unpaired) electrons. The van der Waals surface area contributed by atoms with Crippen LogP contribution in [0.5, 0.6) is 0 Å². The van der Waals surface area contributed by atoms with E-state index in [0.717, 1.165) is 71.5 Å². The SMILES string of the molecule is CCc1cc2c(cc1N1CCN(Cc3cncc(N4CCC(=O)NC4=O)c3)CC1)C(C)(C)c1[nH]c3cc(C#N)ccc3c1C2=O. The summed E-state index contributed by atoms with van der Waals surface area (Å²) < 4.78 is 0. The minimum atomic E-state index is -0.427. The molecule has 0 bridgehead atoms. The van der Waals surface area contributed by atoms with Crippen molar-refractivity contribution < 1.29 is 14.4 Å². The lowest BCUT2D eigenvalue weighted by atomic mass is 9.70. The molecule has 10 heteroatoms. The van der Waals surface area contributed by atoms with Crippen molar-refractivity contribution in [1.82, 2.24) is 20.2 Å². The Labute approximate surface area is 261 Å². The van der Waals surface area contributed by atoms with Crippen molar-refractivity contribution >= 4 is 40.0 Å². The minimum Gasteiger partial charge on any atom is -0.369 e. The summed E-state index contributed by atoms with van der Waals surface area (Å²) in [6.07, 6.45) is 4.59. The van der Waals surface area contributed by atoms with Crippen LogP contribution in [0.25, 0.3) is 10.9 Å². The van der Waals surface area contributed by atoms with Crippen LogP contribution in [0.2, 0.25) is 0 Å². The van der Waals surface area contributed by atoms with Crippen LogP contribution in [0.1, 0.15) is 71.1 Å². The third-order valence-corrected chi connectivity index (χ3v) is 9.56. The number of amides is 3. The van der Waals surface area contributed by atoms with E-state index in [1.54, 1.807) is 17.2 Å². The number of ketones is 1. The summed E-state index contributed by atoms with van der Waals surface area (Å²) in [6, 6.07) is 13.6. The van der Waals surface area contributed by atoms with Crippen LogP contribution >= 0.6 is 0 Å². The molecule has 0 saturated carbocycles. The molecule has 2 aromatic carbocycles. The first-order valence-corrected chi connectivity index (χ1v) is 15.5.